The summed E-state index contributed by atoms with van der Waals surface area (Å²) in [6.07, 6.45) is 3.19. The van der Waals surface area contributed by atoms with Crippen molar-refractivity contribution in [2.75, 3.05) is 19.6 Å². The first-order valence-electron chi connectivity index (χ1n) is 7.23. The van der Waals surface area contributed by atoms with Crippen LogP contribution in [-0.4, -0.2) is 30.4 Å². The van der Waals surface area contributed by atoms with Crippen molar-refractivity contribution >= 4 is 5.91 Å². The van der Waals surface area contributed by atoms with Crippen LogP contribution in [0.2, 0.25) is 0 Å². The first-order valence-corrected chi connectivity index (χ1v) is 7.23. The number of nitrogens with zero attached hydrogens (tertiary/aromatic N) is 1. The van der Waals surface area contributed by atoms with Crippen LogP contribution in [0.1, 0.15) is 38.7 Å². The number of likely N-dealkylation sites (tertiary alicyclic amines) is 1. The molecule has 19 heavy (non-hydrogen) atoms. The van der Waals surface area contributed by atoms with Crippen LogP contribution in [0.4, 0.5) is 0 Å². The van der Waals surface area contributed by atoms with E-state index in [-0.39, 0.29) is 11.4 Å². The number of nitrogens with one attached hydrogen (secondary N) is 1. The number of carbonyl (C=O) groups is 1. The Morgan fingerprint density at radius 2 is 1.89 bits per heavy atom. The predicted octanol–water partition coefficient (Wildman–Crippen LogP) is 2.52. The monoisotopic (exact) mass is 260 g/mol. The molecule has 3 heteroatoms. The first kappa shape index (κ1) is 14.1. The zero-order valence-electron chi connectivity index (χ0n) is 12.0. The lowest BCUT2D eigenvalue weighted by molar-refractivity contribution is -0.121. The van der Waals surface area contributed by atoms with Gasteiger partial charge in [-0.2, -0.15) is 0 Å². The number of hydrogen-bond acceptors (Lipinski definition) is 2. The van der Waals surface area contributed by atoms with Crippen molar-refractivity contribution in [3.05, 3.63) is 35.9 Å². The summed E-state index contributed by atoms with van der Waals surface area (Å²) in [6, 6.07) is 10.4. The highest BCUT2D eigenvalue weighted by molar-refractivity contribution is 5.74. The highest BCUT2D eigenvalue weighted by atomic mass is 16.1. The molecule has 1 aliphatic rings. The molecule has 0 spiro atoms. The molecule has 1 heterocycles. The zero-order valence-corrected chi connectivity index (χ0v) is 12.0. The Balaban J connectivity index is 2.16. The quantitative estimate of drug-likeness (QED) is 0.902. The van der Waals surface area contributed by atoms with Crippen LogP contribution < -0.4 is 5.32 Å². The van der Waals surface area contributed by atoms with Gasteiger partial charge >= 0.3 is 0 Å². The largest absolute Gasteiger partial charge is 0.347 e. The van der Waals surface area contributed by atoms with Gasteiger partial charge in [-0.05, 0) is 31.4 Å². The van der Waals surface area contributed by atoms with Gasteiger partial charge < -0.3 is 10.2 Å². The van der Waals surface area contributed by atoms with Gasteiger partial charge in [0.25, 0.3) is 0 Å². The third-order valence-electron chi connectivity index (χ3n) is 3.99. The molecular formula is C16H24N2O. The van der Waals surface area contributed by atoms with Crippen LogP contribution in [0.3, 0.4) is 0 Å². The lowest BCUT2D eigenvalue weighted by Crippen LogP contribution is -2.52. The molecule has 0 unspecified atom stereocenters. The maximum Gasteiger partial charge on any atom is 0.217 e. The summed E-state index contributed by atoms with van der Waals surface area (Å²) in [7, 11) is 0. The molecule has 0 saturated carbocycles. The van der Waals surface area contributed by atoms with E-state index in [2.05, 4.69) is 41.4 Å². The highest BCUT2D eigenvalue weighted by Gasteiger charge is 2.36. The van der Waals surface area contributed by atoms with E-state index in [1.54, 1.807) is 6.92 Å². The number of benzene rings is 1. The molecule has 3 nitrogen and oxygen atoms in total. The van der Waals surface area contributed by atoms with Crippen LogP contribution in [0.5, 0.6) is 0 Å². The third-order valence-corrected chi connectivity index (χ3v) is 3.99. The SMILES string of the molecule is CCCN1CCC(NC(C)=O)(c2ccccc2)CC1. The van der Waals surface area contributed by atoms with E-state index in [1.807, 2.05) is 6.07 Å². The van der Waals surface area contributed by atoms with Crippen molar-refractivity contribution in [1.29, 1.82) is 0 Å². The second-order valence-corrected chi connectivity index (χ2v) is 5.47. The van der Waals surface area contributed by atoms with Gasteiger partial charge in [-0.15, -0.1) is 0 Å². The molecular weight excluding hydrogens is 236 g/mol. The Bertz CT molecular complexity index is 408. The summed E-state index contributed by atoms with van der Waals surface area (Å²) < 4.78 is 0. The van der Waals surface area contributed by atoms with Gasteiger partial charge in [0.15, 0.2) is 0 Å². The average Bonchev–Trinajstić information content (AvgIpc) is 2.42. The minimum absolute atomic E-state index is 0.0628. The van der Waals surface area contributed by atoms with Gasteiger partial charge in [-0.3, -0.25) is 4.79 Å². The Kier molecular flexibility index (Phi) is 4.59. The molecule has 1 fully saturated rings. The van der Waals surface area contributed by atoms with Crippen LogP contribution in [-0.2, 0) is 10.3 Å². The Hall–Kier alpha value is -1.35. The van der Waals surface area contributed by atoms with Gasteiger partial charge in [-0.1, -0.05) is 37.3 Å². The van der Waals surface area contributed by atoms with Crippen molar-refractivity contribution in [3.63, 3.8) is 0 Å². The van der Waals surface area contributed by atoms with Crippen molar-refractivity contribution in [2.24, 2.45) is 0 Å². The fourth-order valence-corrected chi connectivity index (χ4v) is 3.05. The summed E-state index contributed by atoms with van der Waals surface area (Å²) in [5, 5.41) is 3.21. The molecule has 0 bridgehead atoms. The van der Waals surface area contributed by atoms with Gasteiger partial charge in [0.2, 0.25) is 5.91 Å². The standard InChI is InChI=1S/C16H24N2O/c1-3-11-18-12-9-16(10-13-18,17-14(2)19)15-7-5-4-6-8-15/h4-8H,3,9-13H2,1-2H3,(H,17,19). The van der Waals surface area contributed by atoms with E-state index in [9.17, 15) is 4.79 Å². The highest BCUT2D eigenvalue weighted by Crippen LogP contribution is 2.32. The molecule has 0 aliphatic carbocycles. The number of carbonyl (C=O) groups excluding carboxylic acids is 1. The minimum Gasteiger partial charge on any atom is -0.347 e. The smallest absolute Gasteiger partial charge is 0.217 e. The summed E-state index contributed by atoms with van der Waals surface area (Å²) in [4.78, 5) is 14.1. The molecule has 1 amide bonds. The lowest BCUT2D eigenvalue weighted by atomic mass is 9.80. The fraction of sp³-hybridized carbons (Fsp3) is 0.562. The zero-order chi connectivity index (χ0) is 13.7. The summed E-state index contributed by atoms with van der Waals surface area (Å²) in [5.74, 6) is 0.0628. The number of piperidine rings is 1. The topological polar surface area (TPSA) is 32.3 Å². The molecule has 0 aromatic heterocycles. The fourth-order valence-electron chi connectivity index (χ4n) is 3.05. The van der Waals surface area contributed by atoms with E-state index in [0.29, 0.717) is 0 Å². The Labute approximate surface area is 116 Å². The molecule has 0 radical (unpaired) electrons. The van der Waals surface area contributed by atoms with E-state index in [4.69, 9.17) is 0 Å². The van der Waals surface area contributed by atoms with E-state index in [1.165, 1.54) is 12.0 Å². The predicted molar refractivity (Wildman–Crippen MR) is 77.9 cm³/mol. The van der Waals surface area contributed by atoms with Gasteiger partial charge in [0.05, 0.1) is 5.54 Å². The lowest BCUT2D eigenvalue weighted by Gasteiger charge is -2.42. The maximum absolute atomic E-state index is 11.6. The molecule has 1 N–H and O–H groups in total. The Morgan fingerprint density at radius 3 is 2.42 bits per heavy atom. The van der Waals surface area contributed by atoms with E-state index >= 15 is 0 Å². The minimum atomic E-state index is -0.169. The number of hydrogen-bond donors (Lipinski definition) is 1. The van der Waals surface area contributed by atoms with Crippen molar-refractivity contribution in [2.45, 2.75) is 38.6 Å². The number of rotatable bonds is 4. The van der Waals surface area contributed by atoms with Crippen LogP contribution in [0.25, 0.3) is 0 Å². The van der Waals surface area contributed by atoms with Crippen molar-refractivity contribution < 1.29 is 4.79 Å². The molecule has 1 saturated heterocycles. The third kappa shape index (κ3) is 3.35. The van der Waals surface area contributed by atoms with Gasteiger partial charge in [0, 0.05) is 20.0 Å². The molecule has 1 aromatic carbocycles. The van der Waals surface area contributed by atoms with Crippen LogP contribution >= 0.6 is 0 Å². The molecule has 0 atom stereocenters. The summed E-state index contributed by atoms with van der Waals surface area (Å²) >= 11 is 0. The average molecular weight is 260 g/mol. The van der Waals surface area contributed by atoms with Gasteiger partial charge in [0.1, 0.15) is 0 Å². The van der Waals surface area contributed by atoms with E-state index in [0.717, 1.165) is 32.5 Å². The maximum atomic E-state index is 11.6. The molecule has 1 aliphatic heterocycles. The first-order chi connectivity index (χ1) is 9.16. The molecule has 1 aromatic rings. The second kappa shape index (κ2) is 6.20. The van der Waals surface area contributed by atoms with Crippen molar-refractivity contribution in [1.82, 2.24) is 10.2 Å². The summed E-state index contributed by atoms with van der Waals surface area (Å²) in [5.41, 5.74) is 1.07. The van der Waals surface area contributed by atoms with Crippen LogP contribution in [0, 0.1) is 0 Å². The molecule has 2 rings (SSSR count). The summed E-state index contributed by atoms with van der Waals surface area (Å²) in [6.45, 7) is 7.10. The normalized spacial score (nSPS) is 19.1. The molecule has 104 valence electrons. The van der Waals surface area contributed by atoms with Gasteiger partial charge in [-0.25, -0.2) is 0 Å². The second-order valence-electron chi connectivity index (χ2n) is 5.47. The van der Waals surface area contributed by atoms with E-state index < -0.39 is 0 Å². The van der Waals surface area contributed by atoms with Crippen molar-refractivity contribution in [3.8, 4) is 0 Å². The number of amides is 1. The van der Waals surface area contributed by atoms with Crippen LogP contribution in [0.15, 0.2) is 30.3 Å². The Morgan fingerprint density at radius 1 is 1.26 bits per heavy atom.